The first kappa shape index (κ1) is 25.2. The normalized spacial score (nSPS) is 13.8. The first-order valence-electron chi connectivity index (χ1n) is 10.1. The van der Waals surface area contributed by atoms with E-state index in [1.165, 1.54) is 0 Å². The van der Waals surface area contributed by atoms with Gasteiger partial charge in [-0.15, -0.1) is 0 Å². The third kappa shape index (κ3) is 7.27. The number of amides is 3. The molecule has 32 heavy (non-hydrogen) atoms. The van der Waals surface area contributed by atoms with Gasteiger partial charge in [0, 0.05) is 29.9 Å². The summed E-state index contributed by atoms with van der Waals surface area (Å²) >= 11 is 1.55. The van der Waals surface area contributed by atoms with Crippen molar-refractivity contribution in [2.24, 2.45) is 11.5 Å². The Labute approximate surface area is 189 Å². The Balaban J connectivity index is 2.21. The number of carbonyl (C=O) groups is 4. The third-order valence-electron chi connectivity index (χ3n) is 5.00. The second-order valence-corrected chi connectivity index (χ2v) is 8.40. The SMILES string of the molecule is CSCCC(N)C(=O)NC(Cc1c[nH]c2ccccc12)C(=O)NC(CCC(N)=O)C(=O)O. The maximum absolute atomic E-state index is 13.0. The lowest BCUT2D eigenvalue weighted by Gasteiger charge is -2.23. The largest absolute Gasteiger partial charge is 0.480 e. The minimum atomic E-state index is -1.32. The molecule has 3 amide bonds. The summed E-state index contributed by atoms with van der Waals surface area (Å²) in [6.45, 7) is 0. The molecule has 8 N–H and O–H groups in total. The van der Waals surface area contributed by atoms with E-state index in [0.29, 0.717) is 12.2 Å². The van der Waals surface area contributed by atoms with E-state index in [4.69, 9.17) is 11.5 Å². The van der Waals surface area contributed by atoms with E-state index in [1.54, 1.807) is 18.0 Å². The highest BCUT2D eigenvalue weighted by atomic mass is 32.2. The number of benzene rings is 1. The summed E-state index contributed by atoms with van der Waals surface area (Å²) in [5.74, 6) is -2.47. The van der Waals surface area contributed by atoms with Gasteiger partial charge in [-0.05, 0) is 36.5 Å². The van der Waals surface area contributed by atoms with Crippen LogP contribution >= 0.6 is 11.8 Å². The Morgan fingerprint density at radius 1 is 1.09 bits per heavy atom. The first-order valence-corrected chi connectivity index (χ1v) is 11.5. The van der Waals surface area contributed by atoms with Gasteiger partial charge in [-0.3, -0.25) is 14.4 Å². The molecular formula is C21H29N5O5S. The van der Waals surface area contributed by atoms with Crippen molar-refractivity contribution in [2.75, 3.05) is 12.0 Å². The smallest absolute Gasteiger partial charge is 0.326 e. The number of fused-ring (bicyclic) bond motifs is 1. The molecule has 2 rings (SSSR count). The van der Waals surface area contributed by atoms with Gasteiger partial charge >= 0.3 is 5.97 Å². The summed E-state index contributed by atoms with van der Waals surface area (Å²) in [6, 6.07) is 4.32. The average Bonchev–Trinajstić information content (AvgIpc) is 3.16. The fourth-order valence-electron chi connectivity index (χ4n) is 3.20. The molecule has 3 atom stereocenters. The number of H-pyrrole nitrogens is 1. The number of nitrogens with one attached hydrogen (secondary N) is 3. The molecule has 0 aliphatic rings. The number of aliphatic carboxylic acids is 1. The Bertz CT molecular complexity index is 963. The van der Waals surface area contributed by atoms with E-state index in [9.17, 15) is 24.3 Å². The van der Waals surface area contributed by atoms with E-state index in [1.807, 2.05) is 30.5 Å². The fraction of sp³-hybridized carbons (Fsp3) is 0.429. The van der Waals surface area contributed by atoms with E-state index < -0.39 is 41.8 Å². The van der Waals surface area contributed by atoms with Gasteiger partial charge in [-0.25, -0.2) is 4.79 Å². The average molecular weight is 464 g/mol. The molecule has 0 saturated carbocycles. The van der Waals surface area contributed by atoms with E-state index in [0.717, 1.165) is 16.5 Å². The second kappa shape index (κ2) is 12.1. The highest BCUT2D eigenvalue weighted by molar-refractivity contribution is 7.98. The van der Waals surface area contributed by atoms with Gasteiger partial charge in [0.1, 0.15) is 12.1 Å². The van der Waals surface area contributed by atoms with Crippen LogP contribution < -0.4 is 22.1 Å². The Kier molecular flexibility index (Phi) is 9.54. The van der Waals surface area contributed by atoms with Crippen LogP contribution in [0.15, 0.2) is 30.5 Å². The lowest BCUT2D eigenvalue weighted by atomic mass is 10.0. The maximum atomic E-state index is 13.0. The number of carboxylic acids is 1. The standard InChI is InChI=1S/C21H29N5O5S/c1-32-9-8-14(22)19(28)26-17(10-12-11-24-15-5-3-2-4-13(12)15)20(29)25-16(21(30)31)6-7-18(23)27/h2-5,11,14,16-17,24H,6-10,22H2,1H3,(H2,23,27)(H,25,29)(H,26,28)(H,30,31). The zero-order valence-corrected chi connectivity index (χ0v) is 18.6. The van der Waals surface area contributed by atoms with Gasteiger partial charge in [0.05, 0.1) is 6.04 Å². The van der Waals surface area contributed by atoms with Crippen LogP contribution in [-0.2, 0) is 25.6 Å². The topological polar surface area (TPSA) is 180 Å². The van der Waals surface area contributed by atoms with Gasteiger partial charge in [-0.1, -0.05) is 18.2 Å². The van der Waals surface area contributed by atoms with Crippen molar-refractivity contribution < 1.29 is 24.3 Å². The summed E-state index contributed by atoms with van der Waals surface area (Å²) < 4.78 is 0. The minimum absolute atomic E-state index is 0.124. The van der Waals surface area contributed by atoms with Gasteiger partial charge in [0.2, 0.25) is 17.7 Å². The number of aromatic nitrogens is 1. The van der Waals surface area contributed by atoms with Crippen LogP contribution in [0.2, 0.25) is 0 Å². The Morgan fingerprint density at radius 3 is 2.44 bits per heavy atom. The molecule has 0 bridgehead atoms. The number of primary amides is 1. The van der Waals surface area contributed by atoms with Gasteiger partial charge in [0.15, 0.2) is 0 Å². The predicted molar refractivity (Wildman–Crippen MR) is 123 cm³/mol. The summed E-state index contributed by atoms with van der Waals surface area (Å²) in [4.78, 5) is 51.2. The van der Waals surface area contributed by atoms with Gasteiger partial charge in [-0.2, -0.15) is 11.8 Å². The van der Waals surface area contributed by atoms with Crippen LogP contribution in [0.1, 0.15) is 24.8 Å². The van der Waals surface area contributed by atoms with Crippen molar-refractivity contribution in [2.45, 2.75) is 43.8 Å². The molecule has 0 aliphatic carbocycles. The number of nitrogens with two attached hydrogens (primary N) is 2. The van der Waals surface area contributed by atoms with Crippen molar-refractivity contribution in [3.63, 3.8) is 0 Å². The van der Waals surface area contributed by atoms with Crippen LogP contribution in [0.3, 0.4) is 0 Å². The fourth-order valence-corrected chi connectivity index (χ4v) is 3.69. The van der Waals surface area contributed by atoms with Gasteiger partial charge < -0.3 is 32.2 Å². The van der Waals surface area contributed by atoms with Crippen molar-refractivity contribution in [3.05, 3.63) is 36.0 Å². The van der Waals surface area contributed by atoms with Crippen LogP contribution in [0.5, 0.6) is 0 Å². The van der Waals surface area contributed by atoms with Crippen molar-refractivity contribution >= 4 is 46.4 Å². The number of aromatic amines is 1. The number of hydrogen-bond donors (Lipinski definition) is 6. The zero-order chi connectivity index (χ0) is 23.7. The van der Waals surface area contributed by atoms with E-state index in [-0.39, 0.29) is 19.3 Å². The third-order valence-corrected chi connectivity index (χ3v) is 5.64. The van der Waals surface area contributed by atoms with Crippen LogP contribution in [0, 0.1) is 0 Å². The molecule has 10 nitrogen and oxygen atoms in total. The number of hydrogen-bond acceptors (Lipinski definition) is 6. The quantitative estimate of drug-likeness (QED) is 0.244. The molecule has 0 saturated heterocycles. The molecule has 174 valence electrons. The molecule has 1 aromatic carbocycles. The molecule has 3 unspecified atom stereocenters. The van der Waals surface area contributed by atoms with Crippen molar-refractivity contribution in [3.8, 4) is 0 Å². The molecule has 1 aromatic heterocycles. The lowest BCUT2D eigenvalue weighted by Crippen LogP contribution is -2.55. The maximum Gasteiger partial charge on any atom is 0.326 e. The van der Waals surface area contributed by atoms with Crippen LogP contribution in [-0.4, -0.2) is 63.9 Å². The summed E-state index contributed by atoms with van der Waals surface area (Å²) in [5, 5.41) is 15.3. The number of para-hydroxylation sites is 1. The van der Waals surface area contributed by atoms with Crippen LogP contribution in [0.4, 0.5) is 0 Å². The molecule has 0 radical (unpaired) electrons. The Morgan fingerprint density at radius 2 is 1.78 bits per heavy atom. The molecule has 0 spiro atoms. The molecule has 1 heterocycles. The minimum Gasteiger partial charge on any atom is -0.480 e. The summed E-state index contributed by atoms with van der Waals surface area (Å²) in [6.07, 6.45) is 3.85. The van der Waals surface area contributed by atoms with Gasteiger partial charge in [0.25, 0.3) is 0 Å². The lowest BCUT2D eigenvalue weighted by molar-refractivity contribution is -0.142. The zero-order valence-electron chi connectivity index (χ0n) is 17.8. The first-order chi connectivity index (χ1) is 15.2. The van der Waals surface area contributed by atoms with Crippen molar-refractivity contribution in [1.82, 2.24) is 15.6 Å². The van der Waals surface area contributed by atoms with E-state index in [2.05, 4.69) is 15.6 Å². The van der Waals surface area contributed by atoms with E-state index >= 15 is 0 Å². The predicted octanol–water partition coefficient (Wildman–Crippen LogP) is 0.111. The molecule has 11 heteroatoms. The number of rotatable bonds is 13. The molecular weight excluding hydrogens is 434 g/mol. The highest BCUT2D eigenvalue weighted by Crippen LogP contribution is 2.19. The highest BCUT2D eigenvalue weighted by Gasteiger charge is 2.29. The number of thioether (sulfide) groups is 1. The van der Waals surface area contributed by atoms with Crippen molar-refractivity contribution in [1.29, 1.82) is 0 Å². The number of carbonyl (C=O) groups excluding carboxylic acids is 3. The molecule has 0 aliphatic heterocycles. The molecule has 2 aromatic rings. The monoisotopic (exact) mass is 463 g/mol. The summed E-state index contributed by atoms with van der Waals surface area (Å²) in [5.41, 5.74) is 12.7. The Hall–Kier alpha value is -3.05. The summed E-state index contributed by atoms with van der Waals surface area (Å²) in [7, 11) is 0. The second-order valence-electron chi connectivity index (χ2n) is 7.42. The molecule has 0 fully saturated rings. The van der Waals surface area contributed by atoms with Crippen LogP contribution in [0.25, 0.3) is 10.9 Å². The number of carboxylic acid groups (broad SMARTS) is 1.